The zero-order chi connectivity index (χ0) is 26.2. The second kappa shape index (κ2) is 11.8. The van der Waals surface area contributed by atoms with Crippen molar-refractivity contribution in [1.82, 2.24) is 5.16 Å². The summed E-state index contributed by atoms with van der Waals surface area (Å²) < 4.78 is 17.9. The van der Waals surface area contributed by atoms with E-state index in [2.05, 4.69) is 5.16 Å². The van der Waals surface area contributed by atoms with Gasteiger partial charge < -0.3 is 19.1 Å². The minimum Gasteiger partial charge on any atom is -0.488 e. The largest absolute Gasteiger partial charge is 0.488 e. The molecule has 0 atom stereocenters. The Bertz CT molecular complexity index is 1530. The normalized spacial score (nSPS) is 10.9. The molecule has 1 N–H and O–H groups in total. The second-order valence-corrected chi connectivity index (χ2v) is 8.56. The maximum absolute atomic E-state index is 11.5. The monoisotopic (exact) mass is 503 g/mol. The second-order valence-electron chi connectivity index (χ2n) is 8.56. The Hall–Kier alpha value is -5.10. The van der Waals surface area contributed by atoms with Gasteiger partial charge in [0.2, 0.25) is 0 Å². The summed E-state index contributed by atoms with van der Waals surface area (Å²) in [6.45, 7) is 0.682. The fraction of sp³-hybridized carbons (Fsp3) is 0.0625. The van der Waals surface area contributed by atoms with E-state index in [-0.39, 0.29) is 11.5 Å². The minimum atomic E-state index is -1.17. The molecule has 0 aliphatic carbocycles. The Labute approximate surface area is 220 Å². The highest BCUT2D eigenvalue weighted by molar-refractivity contribution is 5.87. The number of aromatic carboxylic acids is 1. The van der Waals surface area contributed by atoms with Crippen LogP contribution >= 0.6 is 0 Å². The van der Waals surface area contributed by atoms with E-state index in [4.69, 9.17) is 14.0 Å². The van der Waals surface area contributed by atoms with Gasteiger partial charge in [-0.2, -0.15) is 0 Å². The molecule has 0 bridgehead atoms. The third-order valence-electron chi connectivity index (χ3n) is 5.84. The molecule has 0 spiro atoms. The van der Waals surface area contributed by atoms with Gasteiger partial charge in [-0.25, -0.2) is 4.79 Å². The molecule has 6 nitrogen and oxygen atoms in total. The van der Waals surface area contributed by atoms with Crippen LogP contribution in [0.15, 0.2) is 114 Å². The third-order valence-corrected chi connectivity index (χ3v) is 5.84. The molecule has 0 fully saturated rings. The summed E-state index contributed by atoms with van der Waals surface area (Å²) in [6, 6.07) is 34.7. The first kappa shape index (κ1) is 24.6. The van der Waals surface area contributed by atoms with Gasteiger partial charge in [-0.15, -0.1) is 0 Å². The van der Waals surface area contributed by atoms with Crippen molar-refractivity contribution in [2.24, 2.45) is 0 Å². The predicted molar refractivity (Wildman–Crippen MR) is 146 cm³/mol. The van der Waals surface area contributed by atoms with Gasteiger partial charge in [-0.05, 0) is 22.8 Å². The molecule has 1 heterocycles. The zero-order valence-electron chi connectivity index (χ0n) is 20.5. The van der Waals surface area contributed by atoms with Crippen LogP contribution in [0.3, 0.4) is 0 Å². The number of carbonyl (C=O) groups is 1. The number of rotatable bonds is 10. The average Bonchev–Trinajstić information content (AvgIpc) is 3.46. The van der Waals surface area contributed by atoms with E-state index in [9.17, 15) is 9.90 Å². The maximum atomic E-state index is 11.5. The van der Waals surface area contributed by atoms with Gasteiger partial charge in [-0.1, -0.05) is 108 Å². The highest BCUT2D eigenvalue weighted by atomic mass is 16.5. The van der Waals surface area contributed by atoms with Crippen LogP contribution in [0.2, 0.25) is 0 Å². The van der Waals surface area contributed by atoms with E-state index in [1.165, 1.54) is 6.07 Å². The van der Waals surface area contributed by atoms with E-state index in [0.29, 0.717) is 30.3 Å². The fourth-order valence-electron chi connectivity index (χ4n) is 3.87. The number of nitrogens with zero attached hydrogens (tertiary/aromatic N) is 1. The van der Waals surface area contributed by atoms with Gasteiger partial charge in [0.05, 0.1) is 5.56 Å². The first-order valence-electron chi connectivity index (χ1n) is 12.1. The molecule has 1 aromatic heterocycles. The Morgan fingerprint density at radius 2 is 1.32 bits per heavy atom. The van der Waals surface area contributed by atoms with Crippen LogP contribution in [-0.4, -0.2) is 16.2 Å². The molecule has 0 aliphatic heterocycles. The number of aromatic nitrogens is 1. The lowest BCUT2D eigenvalue weighted by Crippen LogP contribution is -2.01. The Balaban J connectivity index is 1.56. The predicted octanol–water partition coefficient (Wildman–Crippen LogP) is 7.37. The SMILES string of the molecule is O=C(O)c1cc(-c2cc(C=Cc3ccccc3)c(OCc3ccccc3)cc2OCc2ccccc2)on1. The first-order valence-corrected chi connectivity index (χ1v) is 12.1. The molecule has 0 amide bonds. The number of hydrogen-bond donors (Lipinski definition) is 1. The minimum absolute atomic E-state index is 0.181. The molecule has 38 heavy (non-hydrogen) atoms. The first-order chi connectivity index (χ1) is 18.7. The van der Waals surface area contributed by atoms with E-state index in [0.717, 1.165) is 22.3 Å². The van der Waals surface area contributed by atoms with Crippen LogP contribution in [-0.2, 0) is 13.2 Å². The molecular weight excluding hydrogens is 478 g/mol. The van der Waals surface area contributed by atoms with E-state index in [1.54, 1.807) is 0 Å². The van der Waals surface area contributed by atoms with Gasteiger partial charge in [0.25, 0.3) is 0 Å². The van der Waals surface area contributed by atoms with Gasteiger partial charge in [0.1, 0.15) is 24.7 Å². The van der Waals surface area contributed by atoms with Crippen molar-refractivity contribution in [1.29, 1.82) is 0 Å². The van der Waals surface area contributed by atoms with Gasteiger partial charge in [-0.3, -0.25) is 0 Å². The molecule has 4 aromatic carbocycles. The van der Waals surface area contributed by atoms with E-state index < -0.39 is 5.97 Å². The van der Waals surface area contributed by atoms with Gasteiger partial charge in [0, 0.05) is 17.7 Å². The summed E-state index contributed by atoms with van der Waals surface area (Å²) >= 11 is 0. The lowest BCUT2D eigenvalue weighted by Gasteiger charge is -2.16. The molecule has 188 valence electrons. The van der Waals surface area contributed by atoms with Crippen LogP contribution in [0, 0.1) is 0 Å². The van der Waals surface area contributed by atoms with Gasteiger partial charge >= 0.3 is 5.97 Å². The van der Waals surface area contributed by atoms with E-state index in [1.807, 2.05) is 115 Å². The van der Waals surface area contributed by atoms with Crippen LogP contribution < -0.4 is 9.47 Å². The van der Waals surface area contributed by atoms with Crippen molar-refractivity contribution in [3.63, 3.8) is 0 Å². The fourth-order valence-corrected chi connectivity index (χ4v) is 3.87. The maximum Gasteiger partial charge on any atom is 0.358 e. The Morgan fingerprint density at radius 3 is 1.89 bits per heavy atom. The molecule has 5 rings (SSSR count). The van der Waals surface area contributed by atoms with Crippen LogP contribution in [0.4, 0.5) is 0 Å². The van der Waals surface area contributed by atoms with Crippen molar-refractivity contribution in [3.05, 3.63) is 137 Å². The third kappa shape index (κ3) is 6.17. The summed E-state index contributed by atoms with van der Waals surface area (Å²) in [5.41, 5.74) is 4.21. The number of carboxylic acid groups (broad SMARTS) is 1. The summed E-state index contributed by atoms with van der Waals surface area (Å²) in [5, 5.41) is 13.1. The molecule has 0 radical (unpaired) electrons. The number of benzene rings is 4. The molecule has 0 unspecified atom stereocenters. The number of ether oxygens (including phenoxy) is 2. The van der Waals surface area contributed by atoms with Crippen LogP contribution in [0.25, 0.3) is 23.5 Å². The van der Waals surface area contributed by atoms with Crippen molar-refractivity contribution < 1.29 is 23.9 Å². The quantitative estimate of drug-likeness (QED) is 0.200. The Morgan fingerprint density at radius 1 is 0.737 bits per heavy atom. The topological polar surface area (TPSA) is 81.8 Å². The number of carboxylic acids is 1. The van der Waals surface area contributed by atoms with Crippen molar-refractivity contribution >= 4 is 18.1 Å². The highest BCUT2D eigenvalue weighted by Gasteiger charge is 2.19. The summed E-state index contributed by atoms with van der Waals surface area (Å²) in [4.78, 5) is 11.5. The molecular formula is C32H25NO5. The summed E-state index contributed by atoms with van der Waals surface area (Å²) in [6.07, 6.45) is 3.94. The molecule has 6 heteroatoms. The van der Waals surface area contributed by atoms with Crippen molar-refractivity contribution in [3.8, 4) is 22.8 Å². The lowest BCUT2D eigenvalue weighted by atomic mass is 10.0. The van der Waals surface area contributed by atoms with E-state index >= 15 is 0 Å². The van der Waals surface area contributed by atoms with Crippen LogP contribution in [0.1, 0.15) is 32.7 Å². The molecule has 5 aromatic rings. The molecule has 0 saturated carbocycles. The Kier molecular flexibility index (Phi) is 7.61. The zero-order valence-corrected chi connectivity index (χ0v) is 20.5. The highest BCUT2D eigenvalue weighted by Crippen LogP contribution is 2.38. The van der Waals surface area contributed by atoms with Crippen molar-refractivity contribution in [2.75, 3.05) is 0 Å². The smallest absolute Gasteiger partial charge is 0.358 e. The molecule has 0 aliphatic rings. The average molecular weight is 504 g/mol. The lowest BCUT2D eigenvalue weighted by molar-refractivity contribution is 0.0686. The summed E-state index contributed by atoms with van der Waals surface area (Å²) in [5.74, 6) is 0.223. The van der Waals surface area contributed by atoms with Crippen LogP contribution in [0.5, 0.6) is 11.5 Å². The number of hydrogen-bond acceptors (Lipinski definition) is 5. The summed E-state index contributed by atoms with van der Waals surface area (Å²) in [7, 11) is 0. The molecule has 0 saturated heterocycles. The standard InChI is InChI=1S/C32H25NO5/c34-32(35)28-19-31(38-33-28)27-18-26(17-16-23-10-4-1-5-11-23)29(36-21-24-12-6-2-7-13-24)20-30(27)37-22-25-14-8-3-9-15-25/h1-20H,21-22H2,(H,34,35). The van der Waals surface area contributed by atoms with Gasteiger partial charge in [0.15, 0.2) is 11.5 Å². The van der Waals surface area contributed by atoms with Crippen molar-refractivity contribution in [2.45, 2.75) is 13.2 Å².